The molecule has 0 aliphatic heterocycles. The van der Waals surface area contributed by atoms with E-state index in [4.69, 9.17) is 0 Å². The first-order valence-corrected chi connectivity index (χ1v) is 9.54. The topological polar surface area (TPSA) is 107 Å². The number of amides is 1. The standard InChI is InChI=1S/C17H15F2N5O3S/c1-24-11(8-13(23-24)14-10-20-6-7-21-14)9-22-16(25)12-4-2-3-5-15(12)28(26,27)17(18)19/h2-8,10,17H,9H2,1H3,(H,22,25). The van der Waals surface area contributed by atoms with Gasteiger partial charge < -0.3 is 5.32 Å². The van der Waals surface area contributed by atoms with Crippen LogP contribution in [0.2, 0.25) is 0 Å². The van der Waals surface area contributed by atoms with Gasteiger partial charge in [0.25, 0.3) is 5.91 Å². The number of rotatable bonds is 6. The van der Waals surface area contributed by atoms with Gasteiger partial charge >= 0.3 is 5.76 Å². The zero-order valence-electron chi connectivity index (χ0n) is 14.6. The van der Waals surface area contributed by atoms with Crippen molar-refractivity contribution < 1.29 is 22.0 Å². The van der Waals surface area contributed by atoms with Crippen LogP contribution in [0.1, 0.15) is 16.1 Å². The van der Waals surface area contributed by atoms with Crippen LogP contribution in [0.3, 0.4) is 0 Å². The molecule has 0 aliphatic rings. The molecule has 0 fully saturated rings. The molecule has 2 heterocycles. The molecule has 0 bridgehead atoms. The summed E-state index contributed by atoms with van der Waals surface area (Å²) >= 11 is 0. The molecule has 0 saturated heterocycles. The molecular weight excluding hydrogens is 392 g/mol. The van der Waals surface area contributed by atoms with E-state index in [1.807, 2.05) is 0 Å². The molecule has 0 saturated carbocycles. The Kier molecular flexibility index (Phi) is 5.45. The number of aromatic nitrogens is 4. The van der Waals surface area contributed by atoms with Crippen molar-refractivity contribution in [3.63, 3.8) is 0 Å². The molecule has 0 atom stereocenters. The van der Waals surface area contributed by atoms with Crippen LogP contribution in [0, 0.1) is 0 Å². The first kappa shape index (κ1) is 19.5. The quantitative estimate of drug-likeness (QED) is 0.668. The van der Waals surface area contributed by atoms with E-state index in [0.29, 0.717) is 17.1 Å². The van der Waals surface area contributed by atoms with Crippen LogP contribution >= 0.6 is 0 Å². The van der Waals surface area contributed by atoms with E-state index >= 15 is 0 Å². The molecule has 146 valence electrons. The third-order valence-electron chi connectivity index (χ3n) is 3.91. The number of aryl methyl sites for hydroxylation is 1. The average molecular weight is 407 g/mol. The Labute approximate surface area is 159 Å². The van der Waals surface area contributed by atoms with Gasteiger partial charge in [0.2, 0.25) is 9.84 Å². The van der Waals surface area contributed by atoms with Gasteiger partial charge in [-0.25, -0.2) is 8.42 Å². The number of nitrogens with zero attached hydrogens (tertiary/aromatic N) is 4. The Hall–Kier alpha value is -3.21. The molecule has 1 amide bonds. The van der Waals surface area contributed by atoms with Crippen LogP contribution < -0.4 is 5.32 Å². The summed E-state index contributed by atoms with van der Waals surface area (Å²) in [7, 11) is -3.24. The number of benzene rings is 1. The van der Waals surface area contributed by atoms with Gasteiger partial charge in [0.1, 0.15) is 11.4 Å². The van der Waals surface area contributed by atoms with E-state index in [-0.39, 0.29) is 12.1 Å². The summed E-state index contributed by atoms with van der Waals surface area (Å²) in [5.41, 5.74) is 1.34. The van der Waals surface area contributed by atoms with Gasteiger partial charge in [-0.3, -0.25) is 19.4 Å². The Balaban J connectivity index is 1.80. The molecule has 3 aromatic rings. The Bertz CT molecular complexity index is 1100. The lowest BCUT2D eigenvalue weighted by Crippen LogP contribution is -2.26. The minimum absolute atomic E-state index is 0.00561. The van der Waals surface area contributed by atoms with Crippen molar-refractivity contribution in [2.45, 2.75) is 17.2 Å². The second-order valence-electron chi connectivity index (χ2n) is 5.72. The summed E-state index contributed by atoms with van der Waals surface area (Å²) in [6.45, 7) is 0.00561. The Morgan fingerprint density at radius 2 is 1.96 bits per heavy atom. The molecule has 1 N–H and O–H groups in total. The molecule has 28 heavy (non-hydrogen) atoms. The fraction of sp³-hybridized carbons (Fsp3) is 0.176. The number of halogens is 2. The van der Waals surface area contributed by atoms with Crippen molar-refractivity contribution in [3.05, 3.63) is 60.2 Å². The second-order valence-corrected chi connectivity index (χ2v) is 7.61. The molecule has 0 radical (unpaired) electrons. The molecule has 11 heteroatoms. The molecule has 1 aromatic carbocycles. The maximum Gasteiger partial charge on any atom is 0.341 e. The Morgan fingerprint density at radius 1 is 1.21 bits per heavy atom. The first-order chi connectivity index (χ1) is 13.3. The minimum atomic E-state index is -4.90. The van der Waals surface area contributed by atoms with E-state index in [1.54, 1.807) is 13.1 Å². The summed E-state index contributed by atoms with van der Waals surface area (Å²) in [4.78, 5) is 19.8. The maximum atomic E-state index is 12.9. The van der Waals surface area contributed by atoms with Gasteiger partial charge in [0.15, 0.2) is 0 Å². The Morgan fingerprint density at radius 3 is 2.64 bits per heavy atom. The highest BCUT2D eigenvalue weighted by Crippen LogP contribution is 2.22. The summed E-state index contributed by atoms with van der Waals surface area (Å²) in [5, 5.41) is 6.81. The SMILES string of the molecule is Cn1nc(-c2cnccn2)cc1CNC(=O)c1ccccc1S(=O)(=O)C(F)F. The van der Waals surface area contributed by atoms with Gasteiger partial charge in [-0.1, -0.05) is 12.1 Å². The maximum absolute atomic E-state index is 12.9. The van der Waals surface area contributed by atoms with Crippen LogP contribution in [-0.4, -0.2) is 39.8 Å². The van der Waals surface area contributed by atoms with Crippen LogP contribution in [0.5, 0.6) is 0 Å². The lowest BCUT2D eigenvalue weighted by Gasteiger charge is -2.10. The van der Waals surface area contributed by atoms with Crippen molar-refractivity contribution in [2.75, 3.05) is 0 Å². The number of carbonyl (C=O) groups excluding carboxylic acids is 1. The fourth-order valence-electron chi connectivity index (χ4n) is 2.49. The summed E-state index contributed by atoms with van der Waals surface area (Å²) in [6, 6.07) is 6.52. The highest BCUT2D eigenvalue weighted by Gasteiger charge is 2.30. The summed E-state index contributed by atoms with van der Waals surface area (Å²) < 4.78 is 50.8. The van der Waals surface area contributed by atoms with Crippen LogP contribution in [0.15, 0.2) is 53.8 Å². The minimum Gasteiger partial charge on any atom is -0.346 e. The van der Waals surface area contributed by atoms with Crippen LogP contribution in [0.4, 0.5) is 8.78 Å². The largest absolute Gasteiger partial charge is 0.346 e. The van der Waals surface area contributed by atoms with Gasteiger partial charge in [0, 0.05) is 19.4 Å². The van der Waals surface area contributed by atoms with E-state index in [2.05, 4.69) is 20.4 Å². The van der Waals surface area contributed by atoms with E-state index in [1.165, 1.54) is 41.5 Å². The fourth-order valence-corrected chi connectivity index (χ4v) is 3.42. The van der Waals surface area contributed by atoms with Gasteiger partial charge in [-0.15, -0.1) is 0 Å². The first-order valence-electron chi connectivity index (χ1n) is 7.99. The van der Waals surface area contributed by atoms with Crippen LogP contribution in [-0.2, 0) is 23.4 Å². The van der Waals surface area contributed by atoms with E-state index in [9.17, 15) is 22.0 Å². The molecular formula is C17H15F2N5O3S. The van der Waals surface area contributed by atoms with Gasteiger partial charge in [-0.05, 0) is 18.2 Å². The zero-order chi connectivity index (χ0) is 20.3. The molecule has 0 spiro atoms. The smallest absolute Gasteiger partial charge is 0.341 e. The summed E-state index contributed by atoms with van der Waals surface area (Å²) in [6.07, 6.45) is 4.58. The van der Waals surface area contributed by atoms with Crippen molar-refractivity contribution in [1.82, 2.24) is 25.1 Å². The number of carbonyl (C=O) groups is 1. The number of hydrogen-bond acceptors (Lipinski definition) is 6. The number of sulfone groups is 1. The second kappa shape index (κ2) is 7.80. The van der Waals surface area contributed by atoms with Crippen molar-refractivity contribution >= 4 is 15.7 Å². The molecule has 8 nitrogen and oxygen atoms in total. The molecule has 3 rings (SSSR count). The number of nitrogens with one attached hydrogen (secondary N) is 1. The molecule has 0 aliphatic carbocycles. The lowest BCUT2D eigenvalue weighted by molar-refractivity contribution is 0.0946. The predicted molar refractivity (Wildman–Crippen MR) is 95.0 cm³/mol. The van der Waals surface area contributed by atoms with Gasteiger partial charge in [-0.2, -0.15) is 13.9 Å². The highest BCUT2D eigenvalue weighted by atomic mass is 32.2. The average Bonchev–Trinajstić information content (AvgIpc) is 3.07. The van der Waals surface area contributed by atoms with Crippen molar-refractivity contribution in [3.8, 4) is 11.4 Å². The van der Waals surface area contributed by atoms with E-state index < -0.39 is 26.4 Å². The van der Waals surface area contributed by atoms with Crippen LogP contribution in [0.25, 0.3) is 11.4 Å². The third-order valence-corrected chi connectivity index (χ3v) is 5.34. The highest BCUT2D eigenvalue weighted by molar-refractivity contribution is 7.91. The third kappa shape index (κ3) is 3.88. The number of hydrogen-bond donors (Lipinski definition) is 1. The molecule has 0 unspecified atom stereocenters. The lowest BCUT2D eigenvalue weighted by atomic mass is 10.2. The molecule has 2 aromatic heterocycles. The monoisotopic (exact) mass is 407 g/mol. The van der Waals surface area contributed by atoms with Crippen molar-refractivity contribution in [2.24, 2.45) is 7.05 Å². The van der Waals surface area contributed by atoms with E-state index in [0.717, 1.165) is 6.07 Å². The summed E-state index contributed by atoms with van der Waals surface area (Å²) in [5.74, 6) is -4.41. The number of alkyl halides is 2. The normalized spacial score (nSPS) is 11.6. The predicted octanol–water partition coefficient (Wildman–Crippen LogP) is 1.80. The zero-order valence-corrected chi connectivity index (χ0v) is 15.4. The van der Waals surface area contributed by atoms with Gasteiger partial charge in [0.05, 0.1) is 28.9 Å². The van der Waals surface area contributed by atoms with Crippen molar-refractivity contribution in [1.29, 1.82) is 0 Å².